The third-order valence-corrected chi connectivity index (χ3v) is 4.78. The smallest absolute Gasteiger partial charge is 0.331 e. The minimum Gasteiger partial charge on any atom is -0.497 e. The van der Waals surface area contributed by atoms with E-state index < -0.39 is 12.1 Å². The molecule has 154 valence electrons. The Hall–Kier alpha value is -3.60. The number of aryl methyl sites for hydroxylation is 1. The summed E-state index contributed by atoms with van der Waals surface area (Å²) in [5, 5.41) is 4.83. The second-order valence-corrected chi connectivity index (χ2v) is 6.92. The first-order chi connectivity index (χ1) is 14.5. The van der Waals surface area contributed by atoms with Crippen molar-refractivity contribution in [2.75, 3.05) is 12.4 Å². The summed E-state index contributed by atoms with van der Waals surface area (Å²) in [6.07, 6.45) is 3.02. The highest BCUT2D eigenvalue weighted by atomic mass is 16.5. The number of fused-ring (bicyclic) bond motifs is 1. The first kappa shape index (κ1) is 21.1. The van der Waals surface area contributed by atoms with Gasteiger partial charge in [-0.1, -0.05) is 37.3 Å². The molecule has 3 aromatic rings. The van der Waals surface area contributed by atoms with Crippen LogP contribution in [0.15, 0.2) is 66.7 Å². The standard InChI is InChI=1S/C25H25NO4/c1-4-18-6-11-22(12-7-18)26-25(28)17(2)30-24(27)14-8-19-5-9-21-16-23(29-3)13-10-20(21)15-19/h5-17H,4H2,1-3H3,(H,26,28)/b14-8+/t17-/m1/s1. The molecule has 0 spiro atoms. The summed E-state index contributed by atoms with van der Waals surface area (Å²) >= 11 is 0. The first-order valence-corrected chi connectivity index (χ1v) is 9.85. The molecule has 0 heterocycles. The molecule has 0 saturated carbocycles. The van der Waals surface area contributed by atoms with Crippen molar-refractivity contribution in [1.82, 2.24) is 0 Å². The maximum absolute atomic E-state index is 12.3. The highest BCUT2D eigenvalue weighted by Gasteiger charge is 2.16. The monoisotopic (exact) mass is 403 g/mol. The number of anilines is 1. The Morgan fingerprint density at radius 1 is 1.00 bits per heavy atom. The predicted molar refractivity (Wildman–Crippen MR) is 120 cm³/mol. The fraction of sp³-hybridized carbons (Fsp3) is 0.200. The minimum absolute atomic E-state index is 0.374. The van der Waals surface area contributed by atoms with E-state index in [0.717, 1.165) is 28.5 Å². The SMILES string of the molecule is CCc1ccc(NC(=O)[C@@H](C)OC(=O)/C=C/c2ccc3cc(OC)ccc3c2)cc1. The van der Waals surface area contributed by atoms with Crippen LogP contribution in [0.4, 0.5) is 5.69 Å². The van der Waals surface area contributed by atoms with Crippen LogP contribution in [0, 0.1) is 0 Å². The fourth-order valence-corrected chi connectivity index (χ4v) is 2.97. The molecular weight excluding hydrogens is 378 g/mol. The van der Waals surface area contributed by atoms with Gasteiger partial charge in [0.25, 0.3) is 5.91 Å². The fourth-order valence-electron chi connectivity index (χ4n) is 2.97. The Balaban J connectivity index is 1.57. The average molecular weight is 403 g/mol. The number of esters is 1. The molecule has 5 heteroatoms. The third-order valence-electron chi connectivity index (χ3n) is 4.78. The highest BCUT2D eigenvalue weighted by Crippen LogP contribution is 2.22. The molecule has 0 bridgehead atoms. The maximum atomic E-state index is 12.3. The molecule has 1 N–H and O–H groups in total. The van der Waals surface area contributed by atoms with E-state index >= 15 is 0 Å². The van der Waals surface area contributed by atoms with Crippen molar-refractivity contribution in [2.45, 2.75) is 26.4 Å². The summed E-state index contributed by atoms with van der Waals surface area (Å²) in [6, 6.07) is 19.2. The molecule has 30 heavy (non-hydrogen) atoms. The van der Waals surface area contributed by atoms with E-state index in [0.29, 0.717) is 5.69 Å². The highest BCUT2D eigenvalue weighted by molar-refractivity contribution is 5.97. The number of hydrogen-bond donors (Lipinski definition) is 1. The van der Waals surface area contributed by atoms with E-state index in [1.807, 2.05) is 60.7 Å². The van der Waals surface area contributed by atoms with Crippen LogP contribution in [-0.2, 0) is 20.7 Å². The van der Waals surface area contributed by atoms with Gasteiger partial charge in [0.2, 0.25) is 0 Å². The van der Waals surface area contributed by atoms with E-state index in [9.17, 15) is 9.59 Å². The number of carbonyl (C=O) groups excluding carboxylic acids is 2. The van der Waals surface area contributed by atoms with Gasteiger partial charge in [0.15, 0.2) is 6.10 Å². The van der Waals surface area contributed by atoms with Crippen LogP contribution < -0.4 is 10.1 Å². The number of nitrogens with one attached hydrogen (secondary N) is 1. The van der Waals surface area contributed by atoms with Gasteiger partial charge in [0.1, 0.15) is 5.75 Å². The number of methoxy groups -OCH3 is 1. The molecule has 0 radical (unpaired) electrons. The average Bonchev–Trinajstić information content (AvgIpc) is 2.77. The van der Waals surface area contributed by atoms with Gasteiger partial charge >= 0.3 is 5.97 Å². The minimum atomic E-state index is -0.905. The van der Waals surface area contributed by atoms with E-state index in [1.54, 1.807) is 20.1 Å². The Labute approximate surface area is 176 Å². The van der Waals surface area contributed by atoms with Gasteiger partial charge in [-0.3, -0.25) is 4.79 Å². The van der Waals surface area contributed by atoms with Crippen LogP contribution in [-0.4, -0.2) is 25.1 Å². The van der Waals surface area contributed by atoms with Crippen LogP contribution in [0.3, 0.4) is 0 Å². The van der Waals surface area contributed by atoms with E-state index in [2.05, 4.69) is 12.2 Å². The Bertz CT molecular complexity index is 1070. The normalized spacial score (nSPS) is 12.0. The third kappa shape index (κ3) is 5.47. The first-order valence-electron chi connectivity index (χ1n) is 9.85. The second kappa shape index (κ2) is 9.74. The van der Waals surface area contributed by atoms with Crippen LogP contribution in [0.25, 0.3) is 16.8 Å². The lowest BCUT2D eigenvalue weighted by molar-refractivity contribution is -0.148. The van der Waals surface area contributed by atoms with E-state index in [4.69, 9.17) is 9.47 Å². The number of rotatable bonds is 7. The lowest BCUT2D eigenvalue weighted by Gasteiger charge is -2.12. The van der Waals surface area contributed by atoms with Crippen LogP contribution in [0.5, 0.6) is 5.75 Å². The summed E-state index contributed by atoms with van der Waals surface area (Å²) in [7, 11) is 1.63. The molecule has 1 amide bonds. The number of benzene rings is 3. The molecule has 0 aliphatic carbocycles. The molecule has 3 rings (SSSR count). The molecule has 0 fully saturated rings. The number of amides is 1. The van der Waals surface area contributed by atoms with Gasteiger partial charge in [-0.05, 0) is 71.7 Å². The molecule has 0 saturated heterocycles. The summed E-state index contributed by atoms with van der Waals surface area (Å²) < 4.78 is 10.4. The van der Waals surface area contributed by atoms with Crippen LogP contribution in [0.2, 0.25) is 0 Å². The molecule has 3 aromatic carbocycles. The largest absolute Gasteiger partial charge is 0.497 e. The summed E-state index contributed by atoms with van der Waals surface area (Å²) in [5.74, 6) is -0.155. The molecule has 0 aliphatic rings. The summed E-state index contributed by atoms with van der Waals surface area (Å²) in [6.45, 7) is 3.61. The van der Waals surface area contributed by atoms with Crippen molar-refractivity contribution in [2.24, 2.45) is 0 Å². The van der Waals surface area contributed by atoms with Crippen molar-refractivity contribution < 1.29 is 19.1 Å². The van der Waals surface area contributed by atoms with Gasteiger partial charge in [0.05, 0.1) is 7.11 Å². The molecule has 0 aromatic heterocycles. The molecular formula is C25H25NO4. The van der Waals surface area contributed by atoms with Crippen molar-refractivity contribution in [3.8, 4) is 5.75 Å². The van der Waals surface area contributed by atoms with E-state index in [1.165, 1.54) is 11.6 Å². The van der Waals surface area contributed by atoms with Gasteiger partial charge in [0, 0.05) is 11.8 Å². The van der Waals surface area contributed by atoms with Crippen molar-refractivity contribution in [3.63, 3.8) is 0 Å². The predicted octanol–water partition coefficient (Wildman–Crippen LogP) is 4.99. The Kier molecular flexibility index (Phi) is 6.86. The van der Waals surface area contributed by atoms with Crippen molar-refractivity contribution in [3.05, 3.63) is 77.9 Å². The van der Waals surface area contributed by atoms with E-state index in [-0.39, 0.29) is 5.91 Å². The molecule has 1 atom stereocenters. The number of hydrogen-bond acceptors (Lipinski definition) is 4. The lowest BCUT2D eigenvalue weighted by Crippen LogP contribution is -2.29. The zero-order valence-corrected chi connectivity index (χ0v) is 17.3. The zero-order valence-electron chi connectivity index (χ0n) is 17.3. The summed E-state index contributed by atoms with van der Waals surface area (Å²) in [5.41, 5.74) is 2.71. The lowest BCUT2D eigenvalue weighted by atomic mass is 10.1. The van der Waals surface area contributed by atoms with Gasteiger partial charge in [-0.25, -0.2) is 4.79 Å². The molecule has 0 unspecified atom stereocenters. The number of ether oxygens (including phenoxy) is 2. The van der Waals surface area contributed by atoms with Crippen molar-refractivity contribution in [1.29, 1.82) is 0 Å². The van der Waals surface area contributed by atoms with Gasteiger partial charge in [-0.2, -0.15) is 0 Å². The Morgan fingerprint density at radius 3 is 2.40 bits per heavy atom. The number of carbonyl (C=O) groups is 2. The second-order valence-electron chi connectivity index (χ2n) is 6.92. The van der Waals surface area contributed by atoms with Gasteiger partial charge < -0.3 is 14.8 Å². The maximum Gasteiger partial charge on any atom is 0.331 e. The summed E-state index contributed by atoms with van der Waals surface area (Å²) in [4.78, 5) is 24.4. The quantitative estimate of drug-likeness (QED) is 0.446. The van der Waals surface area contributed by atoms with Crippen LogP contribution >= 0.6 is 0 Å². The van der Waals surface area contributed by atoms with Crippen LogP contribution in [0.1, 0.15) is 25.0 Å². The zero-order chi connectivity index (χ0) is 21.5. The van der Waals surface area contributed by atoms with Gasteiger partial charge in [-0.15, -0.1) is 0 Å². The van der Waals surface area contributed by atoms with Crippen molar-refractivity contribution >= 4 is 34.4 Å². The topological polar surface area (TPSA) is 64.6 Å². The molecule has 0 aliphatic heterocycles. The molecule has 5 nitrogen and oxygen atoms in total. The Morgan fingerprint density at radius 2 is 1.70 bits per heavy atom.